The van der Waals surface area contributed by atoms with Crippen LogP contribution in [0.5, 0.6) is 5.75 Å². The second-order valence-corrected chi connectivity index (χ2v) is 11.3. The molecule has 8 nitrogen and oxygen atoms in total. The van der Waals surface area contributed by atoms with Crippen LogP contribution in [0.1, 0.15) is 47.8 Å². The standard InChI is InChI=1S/C32H29ClF3N3O5/c1-5-43-28(41)22-18-38(30(42)39(27(22)40)17-19-10-9-13-23(26(19)33)32(34,35)36)20-14-15-25-24(16-20)31(2,3)29(37(25)4)44-21-11-7-6-8-12-21/h6-16,18,29H,5,17H2,1-4H3. The number of rotatable bonds is 7. The Kier molecular flexibility index (Phi) is 8.11. The van der Waals surface area contributed by atoms with Crippen LogP contribution in [0, 0.1) is 0 Å². The molecule has 0 radical (unpaired) electrons. The Bertz CT molecular complexity index is 1850. The third-order valence-corrected chi connectivity index (χ3v) is 8.12. The summed E-state index contributed by atoms with van der Waals surface area (Å²) in [5.74, 6) is -0.297. The summed E-state index contributed by atoms with van der Waals surface area (Å²) in [4.78, 5) is 42.0. The molecule has 1 aliphatic heterocycles. The number of para-hydroxylation sites is 1. The van der Waals surface area contributed by atoms with Crippen LogP contribution in [0.15, 0.2) is 82.5 Å². The molecule has 0 aliphatic carbocycles. The lowest BCUT2D eigenvalue weighted by molar-refractivity contribution is -0.137. The van der Waals surface area contributed by atoms with Gasteiger partial charge in [-0.25, -0.2) is 9.59 Å². The zero-order chi connectivity index (χ0) is 32.0. The fourth-order valence-electron chi connectivity index (χ4n) is 5.46. The zero-order valence-corrected chi connectivity index (χ0v) is 25.1. The van der Waals surface area contributed by atoms with Crippen LogP contribution in [0.3, 0.4) is 0 Å². The predicted molar refractivity (Wildman–Crippen MR) is 160 cm³/mol. The summed E-state index contributed by atoms with van der Waals surface area (Å²) in [6.07, 6.45) is -4.06. The SMILES string of the molecule is CCOC(=O)c1cn(-c2ccc3c(c2)C(C)(C)C(Oc2ccccc2)N3C)c(=O)n(Cc2cccc(C(F)(F)F)c2Cl)c1=O. The molecule has 0 saturated heterocycles. The van der Waals surface area contributed by atoms with Gasteiger partial charge in [0.1, 0.15) is 11.3 Å². The second-order valence-electron chi connectivity index (χ2n) is 10.9. The third kappa shape index (κ3) is 5.47. The highest BCUT2D eigenvalue weighted by atomic mass is 35.5. The maximum atomic E-state index is 13.8. The first-order valence-corrected chi connectivity index (χ1v) is 14.1. The van der Waals surface area contributed by atoms with Gasteiger partial charge in [-0.05, 0) is 54.4 Å². The number of alkyl halides is 3. The van der Waals surface area contributed by atoms with E-state index in [0.717, 1.165) is 34.1 Å². The maximum Gasteiger partial charge on any atom is 0.417 e. The molecule has 0 spiro atoms. The molecule has 0 N–H and O–H groups in total. The monoisotopic (exact) mass is 627 g/mol. The van der Waals surface area contributed by atoms with Gasteiger partial charge in [0, 0.05) is 24.3 Å². The van der Waals surface area contributed by atoms with Crippen LogP contribution in [0.4, 0.5) is 18.9 Å². The van der Waals surface area contributed by atoms with Gasteiger partial charge in [-0.2, -0.15) is 13.2 Å². The van der Waals surface area contributed by atoms with E-state index in [9.17, 15) is 27.6 Å². The Morgan fingerprint density at radius 3 is 2.39 bits per heavy atom. The van der Waals surface area contributed by atoms with E-state index >= 15 is 0 Å². The highest BCUT2D eigenvalue weighted by Crippen LogP contribution is 2.45. The minimum atomic E-state index is -4.75. The van der Waals surface area contributed by atoms with Gasteiger partial charge in [-0.1, -0.05) is 55.8 Å². The lowest BCUT2D eigenvalue weighted by Crippen LogP contribution is -2.44. The van der Waals surface area contributed by atoms with E-state index in [0.29, 0.717) is 16.0 Å². The fraction of sp³-hybridized carbons (Fsp3) is 0.281. The van der Waals surface area contributed by atoms with E-state index < -0.39 is 57.7 Å². The molecule has 0 fully saturated rings. The van der Waals surface area contributed by atoms with Crippen molar-refractivity contribution in [2.75, 3.05) is 18.6 Å². The Labute approximate surface area is 255 Å². The summed E-state index contributed by atoms with van der Waals surface area (Å²) in [7, 11) is 1.89. The van der Waals surface area contributed by atoms with Crippen molar-refractivity contribution in [1.29, 1.82) is 0 Å². The number of ether oxygens (including phenoxy) is 2. The van der Waals surface area contributed by atoms with E-state index in [2.05, 4.69) is 0 Å². The highest BCUT2D eigenvalue weighted by Gasteiger charge is 2.45. The molecule has 44 heavy (non-hydrogen) atoms. The van der Waals surface area contributed by atoms with Crippen molar-refractivity contribution in [2.45, 2.75) is 45.1 Å². The van der Waals surface area contributed by atoms with Crippen molar-refractivity contribution in [2.24, 2.45) is 0 Å². The van der Waals surface area contributed by atoms with Gasteiger partial charge in [0.2, 0.25) is 0 Å². The lowest BCUT2D eigenvalue weighted by Gasteiger charge is -2.32. The van der Waals surface area contributed by atoms with E-state index in [1.807, 2.05) is 56.1 Å². The smallest absolute Gasteiger partial charge is 0.417 e. The second kappa shape index (κ2) is 11.5. The van der Waals surface area contributed by atoms with Gasteiger partial charge in [-0.3, -0.25) is 13.9 Å². The van der Waals surface area contributed by atoms with Gasteiger partial charge < -0.3 is 14.4 Å². The number of esters is 1. The molecule has 230 valence electrons. The molecule has 12 heteroatoms. The van der Waals surface area contributed by atoms with Gasteiger partial charge >= 0.3 is 17.8 Å². The van der Waals surface area contributed by atoms with Crippen molar-refractivity contribution in [3.8, 4) is 11.4 Å². The van der Waals surface area contributed by atoms with E-state index in [1.165, 1.54) is 6.07 Å². The van der Waals surface area contributed by atoms with Crippen LogP contribution < -0.4 is 20.9 Å². The number of benzene rings is 3. The number of fused-ring (bicyclic) bond motifs is 1. The van der Waals surface area contributed by atoms with Gasteiger partial charge in [0.25, 0.3) is 5.56 Å². The number of nitrogens with zero attached hydrogens (tertiary/aromatic N) is 3. The van der Waals surface area contributed by atoms with Crippen molar-refractivity contribution in [3.63, 3.8) is 0 Å². The first-order chi connectivity index (χ1) is 20.8. The van der Waals surface area contributed by atoms with Crippen molar-refractivity contribution < 1.29 is 27.4 Å². The molecule has 1 unspecified atom stereocenters. The summed E-state index contributed by atoms with van der Waals surface area (Å²) in [5, 5.41) is -0.647. The van der Waals surface area contributed by atoms with Crippen LogP contribution in [-0.4, -0.2) is 35.0 Å². The van der Waals surface area contributed by atoms with Crippen molar-refractivity contribution in [3.05, 3.63) is 121 Å². The molecule has 1 aliphatic rings. The number of halogens is 4. The molecule has 0 bridgehead atoms. The summed E-state index contributed by atoms with van der Waals surface area (Å²) in [6, 6.07) is 17.8. The number of anilines is 1. The van der Waals surface area contributed by atoms with Crippen LogP contribution in [0.2, 0.25) is 5.02 Å². The molecule has 1 atom stereocenters. The normalized spacial score (nSPS) is 15.6. The first-order valence-electron chi connectivity index (χ1n) is 13.7. The minimum absolute atomic E-state index is 0.0426. The molecular weight excluding hydrogens is 599 g/mol. The van der Waals surface area contributed by atoms with Crippen LogP contribution in [-0.2, 0) is 22.9 Å². The summed E-state index contributed by atoms with van der Waals surface area (Å²) in [5.41, 5.74) is -2.15. The molecule has 5 rings (SSSR count). The molecule has 2 heterocycles. The topological polar surface area (TPSA) is 82.8 Å². The van der Waals surface area contributed by atoms with E-state index in [1.54, 1.807) is 25.1 Å². The summed E-state index contributed by atoms with van der Waals surface area (Å²) in [6.45, 7) is 4.90. The Morgan fingerprint density at radius 1 is 1.02 bits per heavy atom. The van der Waals surface area contributed by atoms with Gasteiger partial charge in [0.05, 0.1) is 29.4 Å². The van der Waals surface area contributed by atoms with Crippen LogP contribution >= 0.6 is 11.6 Å². The Morgan fingerprint density at radius 2 is 1.73 bits per heavy atom. The lowest BCUT2D eigenvalue weighted by atomic mass is 9.85. The average molecular weight is 628 g/mol. The molecular formula is C32H29ClF3N3O5. The molecule has 3 aromatic carbocycles. The number of likely N-dealkylation sites (N-methyl/N-ethyl adjacent to an activating group) is 1. The number of aromatic nitrogens is 2. The quantitative estimate of drug-likeness (QED) is 0.233. The van der Waals surface area contributed by atoms with Crippen molar-refractivity contribution >= 4 is 23.3 Å². The summed E-state index contributed by atoms with van der Waals surface area (Å²) >= 11 is 6.09. The largest absolute Gasteiger partial charge is 0.470 e. The summed E-state index contributed by atoms with van der Waals surface area (Å²) < 4.78 is 53.8. The van der Waals surface area contributed by atoms with Gasteiger partial charge in [0.15, 0.2) is 6.23 Å². The third-order valence-electron chi connectivity index (χ3n) is 7.67. The number of hydrogen-bond donors (Lipinski definition) is 0. The molecule has 0 amide bonds. The minimum Gasteiger partial charge on any atom is -0.470 e. The molecule has 1 aromatic heterocycles. The van der Waals surface area contributed by atoms with E-state index in [-0.39, 0.29) is 12.2 Å². The van der Waals surface area contributed by atoms with Crippen LogP contribution in [0.25, 0.3) is 5.69 Å². The number of carbonyl (C=O) groups is 1. The maximum absolute atomic E-state index is 13.8. The number of carbonyl (C=O) groups excluding carboxylic acids is 1. The number of hydrogen-bond acceptors (Lipinski definition) is 6. The zero-order valence-electron chi connectivity index (χ0n) is 24.3. The Balaban J connectivity index is 1.64. The van der Waals surface area contributed by atoms with Gasteiger partial charge in [-0.15, -0.1) is 0 Å². The fourth-order valence-corrected chi connectivity index (χ4v) is 5.75. The molecule has 4 aromatic rings. The highest BCUT2D eigenvalue weighted by molar-refractivity contribution is 6.32. The average Bonchev–Trinajstić information content (AvgIpc) is 3.16. The van der Waals surface area contributed by atoms with E-state index in [4.69, 9.17) is 21.1 Å². The molecule has 0 saturated carbocycles. The van der Waals surface area contributed by atoms with Crippen molar-refractivity contribution in [1.82, 2.24) is 9.13 Å². The first kappa shape index (κ1) is 30.9. The predicted octanol–water partition coefficient (Wildman–Crippen LogP) is 6.03. The Hall–Kier alpha value is -4.51.